The third-order valence-corrected chi connectivity index (χ3v) is 3.98. The summed E-state index contributed by atoms with van der Waals surface area (Å²) in [5.41, 5.74) is 0.950. The molecule has 2 amide bonds. The molecule has 132 valence electrons. The molecule has 7 nitrogen and oxygen atoms in total. The first-order chi connectivity index (χ1) is 11.3. The number of hydrogen-bond donors (Lipinski definition) is 0. The predicted molar refractivity (Wildman–Crippen MR) is 90.6 cm³/mol. The molecule has 1 atom stereocenters. The summed E-state index contributed by atoms with van der Waals surface area (Å²) in [4.78, 5) is 33.0. The molecule has 1 aliphatic heterocycles. The summed E-state index contributed by atoms with van der Waals surface area (Å²) in [6, 6.07) is 3.78. The van der Waals surface area contributed by atoms with Crippen LogP contribution in [0.2, 0.25) is 0 Å². The minimum atomic E-state index is -0.111. The number of pyridine rings is 1. The maximum absolute atomic E-state index is 12.2. The van der Waals surface area contributed by atoms with E-state index in [2.05, 4.69) is 4.98 Å². The lowest BCUT2D eigenvalue weighted by Gasteiger charge is -2.21. The topological polar surface area (TPSA) is 66.0 Å². The van der Waals surface area contributed by atoms with Crippen molar-refractivity contribution in [2.24, 2.45) is 0 Å². The van der Waals surface area contributed by atoms with E-state index < -0.39 is 0 Å². The van der Waals surface area contributed by atoms with Gasteiger partial charge >= 0.3 is 0 Å². The van der Waals surface area contributed by atoms with Gasteiger partial charge in [-0.3, -0.25) is 14.6 Å². The van der Waals surface area contributed by atoms with E-state index in [1.54, 1.807) is 18.1 Å². The number of likely N-dealkylation sites (tertiary alicyclic amines) is 1. The number of carbonyl (C=O) groups excluding carboxylic acids is 2. The first-order valence-electron chi connectivity index (χ1n) is 8.11. The molecule has 1 unspecified atom stereocenters. The summed E-state index contributed by atoms with van der Waals surface area (Å²) in [5.74, 6) is 0.629. The number of amides is 2. The van der Waals surface area contributed by atoms with Crippen LogP contribution in [0.3, 0.4) is 0 Å². The highest BCUT2D eigenvalue weighted by Gasteiger charge is 2.28. The van der Waals surface area contributed by atoms with Gasteiger partial charge < -0.3 is 19.4 Å². The number of likely N-dealkylation sites (N-methyl/N-ethyl adjacent to an activating group) is 1. The maximum atomic E-state index is 12.2. The Kier molecular flexibility index (Phi) is 6.14. The van der Waals surface area contributed by atoms with Crippen LogP contribution in [0.5, 0.6) is 5.75 Å². The molecule has 0 spiro atoms. The third-order valence-electron chi connectivity index (χ3n) is 3.98. The second-order valence-corrected chi connectivity index (χ2v) is 6.46. The Morgan fingerprint density at radius 2 is 2.12 bits per heavy atom. The van der Waals surface area contributed by atoms with Crippen molar-refractivity contribution in [1.29, 1.82) is 0 Å². The molecule has 0 N–H and O–H groups in total. The maximum Gasteiger partial charge on any atom is 0.242 e. The van der Waals surface area contributed by atoms with Crippen molar-refractivity contribution in [2.75, 3.05) is 40.8 Å². The van der Waals surface area contributed by atoms with E-state index in [1.165, 1.54) is 11.8 Å². The Labute approximate surface area is 143 Å². The van der Waals surface area contributed by atoms with Gasteiger partial charge in [0, 0.05) is 45.7 Å². The van der Waals surface area contributed by atoms with Crippen LogP contribution in [0.1, 0.15) is 19.0 Å². The molecule has 1 fully saturated rings. The van der Waals surface area contributed by atoms with Gasteiger partial charge in [-0.15, -0.1) is 0 Å². The zero-order valence-electron chi connectivity index (χ0n) is 14.9. The molecule has 1 saturated heterocycles. The molecule has 1 aromatic heterocycles. The fraction of sp³-hybridized carbons (Fsp3) is 0.588. The van der Waals surface area contributed by atoms with E-state index in [1.807, 2.05) is 31.1 Å². The van der Waals surface area contributed by atoms with Crippen LogP contribution >= 0.6 is 0 Å². The molecule has 24 heavy (non-hydrogen) atoms. The van der Waals surface area contributed by atoms with Crippen LogP contribution in [-0.2, 0) is 16.1 Å². The van der Waals surface area contributed by atoms with E-state index in [0.29, 0.717) is 13.1 Å². The molecule has 7 heteroatoms. The lowest BCUT2D eigenvalue weighted by Crippen LogP contribution is -2.40. The smallest absolute Gasteiger partial charge is 0.242 e. The van der Waals surface area contributed by atoms with Gasteiger partial charge in [-0.05, 0) is 20.2 Å². The summed E-state index contributed by atoms with van der Waals surface area (Å²) >= 11 is 0. The lowest BCUT2D eigenvalue weighted by atomic mass is 10.3. The molecular weight excluding hydrogens is 308 g/mol. The average Bonchev–Trinajstić information content (AvgIpc) is 2.95. The quantitative estimate of drug-likeness (QED) is 0.762. The fourth-order valence-corrected chi connectivity index (χ4v) is 2.60. The minimum absolute atomic E-state index is 0.0220. The molecule has 2 heterocycles. The van der Waals surface area contributed by atoms with Crippen LogP contribution < -0.4 is 4.74 Å². The second-order valence-electron chi connectivity index (χ2n) is 6.46. The summed E-state index contributed by atoms with van der Waals surface area (Å²) in [6.45, 7) is 3.53. The molecule has 1 aromatic rings. The Balaban J connectivity index is 1.87. The molecule has 2 rings (SSSR count). The van der Waals surface area contributed by atoms with Crippen molar-refractivity contribution < 1.29 is 14.3 Å². The van der Waals surface area contributed by atoms with Gasteiger partial charge in [0.15, 0.2) is 0 Å². The Bertz CT molecular complexity index is 591. The van der Waals surface area contributed by atoms with Crippen molar-refractivity contribution in [2.45, 2.75) is 26.0 Å². The Morgan fingerprint density at radius 1 is 1.38 bits per heavy atom. The highest BCUT2D eigenvalue weighted by molar-refractivity contribution is 5.83. The molecule has 0 bridgehead atoms. The number of carbonyl (C=O) groups is 2. The largest absolute Gasteiger partial charge is 0.488 e. The average molecular weight is 334 g/mol. The normalized spacial score (nSPS) is 17.2. The molecule has 0 aromatic carbocycles. The first-order valence-corrected chi connectivity index (χ1v) is 8.11. The summed E-state index contributed by atoms with van der Waals surface area (Å²) in [6.07, 6.45) is 2.51. The molecule has 0 aliphatic carbocycles. The van der Waals surface area contributed by atoms with Crippen molar-refractivity contribution in [3.8, 4) is 5.75 Å². The highest BCUT2D eigenvalue weighted by atomic mass is 16.5. The summed E-state index contributed by atoms with van der Waals surface area (Å²) < 4.78 is 6.00. The second kappa shape index (κ2) is 8.10. The molecule has 0 saturated carbocycles. The van der Waals surface area contributed by atoms with Gasteiger partial charge in [-0.2, -0.15) is 0 Å². The number of rotatable bonds is 6. The van der Waals surface area contributed by atoms with Crippen molar-refractivity contribution in [3.05, 3.63) is 24.0 Å². The number of ether oxygens (including phenoxy) is 1. The van der Waals surface area contributed by atoms with E-state index >= 15 is 0 Å². The van der Waals surface area contributed by atoms with Crippen LogP contribution in [0.4, 0.5) is 0 Å². The minimum Gasteiger partial charge on any atom is -0.488 e. The fourth-order valence-electron chi connectivity index (χ4n) is 2.60. The molecular formula is C17H26N4O3. The number of aromatic nitrogens is 1. The zero-order chi connectivity index (χ0) is 17.7. The van der Waals surface area contributed by atoms with Crippen LogP contribution in [0.25, 0.3) is 0 Å². The van der Waals surface area contributed by atoms with E-state index in [9.17, 15) is 9.59 Å². The molecule has 1 aliphatic rings. The van der Waals surface area contributed by atoms with Crippen molar-refractivity contribution >= 4 is 11.8 Å². The van der Waals surface area contributed by atoms with Crippen LogP contribution in [-0.4, -0.2) is 78.4 Å². The summed E-state index contributed by atoms with van der Waals surface area (Å²) in [7, 11) is 5.62. The first kappa shape index (κ1) is 18.2. The van der Waals surface area contributed by atoms with E-state index in [-0.39, 0.29) is 24.5 Å². The summed E-state index contributed by atoms with van der Waals surface area (Å²) in [5, 5.41) is 0. The van der Waals surface area contributed by atoms with Gasteiger partial charge in [0.1, 0.15) is 11.9 Å². The number of nitrogens with zero attached hydrogens (tertiary/aromatic N) is 4. The van der Waals surface area contributed by atoms with Crippen LogP contribution in [0, 0.1) is 0 Å². The molecule has 0 radical (unpaired) electrons. The van der Waals surface area contributed by atoms with Crippen molar-refractivity contribution in [1.82, 2.24) is 19.7 Å². The van der Waals surface area contributed by atoms with Crippen molar-refractivity contribution in [3.63, 3.8) is 0 Å². The number of hydrogen-bond acceptors (Lipinski definition) is 5. The van der Waals surface area contributed by atoms with Gasteiger partial charge in [-0.1, -0.05) is 0 Å². The highest BCUT2D eigenvalue weighted by Crippen LogP contribution is 2.19. The monoisotopic (exact) mass is 334 g/mol. The van der Waals surface area contributed by atoms with E-state index in [0.717, 1.165) is 24.4 Å². The third kappa shape index (κ3) is 5.19. The Hall–Kier alpha value is -2.15. The van der Waals surface area contributed by atoms with E-state index in [4.69, 9.17) is 4.74 Å². The SMILES string of the molecule is CC(=O)N(C)CC(=O)N1CCC(Oc2ccnc(CN(C)C)c2)C1. The van der Waals surface area contributed by atoms with Crippen LogP contribution in [0.15, 0.2) is 18.3 Å². The van der Waals surface area contributed by atoms with Gasteiger partial charge in [0.25, 0.3) is 0 Å². The van der Waals surface area contributed by atoms with Gasteiger partial charge in [-0.25, -0.2) is 0 Å². The Morgan fingerprint density at radius 3 is 2.79 bits per heavy atom. The predicted octanol–water partition coefficient (Wildman–Crippen LogP) is 0.601. The van der Waals surface area contributed by atoms with Gasteiger partial charge in [0.05, 0.1) is 18.8 Å². The lowest BCUT2D eigenvalue weighted by molar-refractivity contribution is -0.137. The standard InChI is InChI=1S/C17H26N4O3/c1-13(22)20(4)12-17(23)21-8-6-16(11-21)24-15-5-7-18-14(9-15)10-19(2)3/h5,7,9,16H,6,8,10-12H2,1-4H3. The zero-order valence-corrected chi connectivity index (χ0v) is 14.9. The van der Waals surface area contributed by atoms with Gasteiger partial charge in [0.2, 0.25) is 11.8 Å².